The van der Waals surface area contributed by atoms with Crippen LogP contribution in [0.4, 0.5) is 0 Å². The molecule has 0 aliphatic carbocycles. The highest BCUT2D eigenvalue weighted by atomic mass is 16.4. The summed E-state index contributed by atoms with van der Waals surface area (Å²) in [5.41, 5.74) is 0. The summed E-state index contributed by atoms with van der Waals surface area (Å²) in [6.07, 6.45) is 2.50. The van der Waals surface area contributed by atoms with E-state index in [-0.39, 0.29) is 6.04 Å². The molecule has 4 fully saturated rings. The SMILES string of the molecule is O=C(O)C1CNCCN1C1CN2CCC1CC2. The minimum atomic E-state index is -0.673. The van der Waals surface area contributed by atoms with Crippen LogP contribution < -0.4 is 5.32 Å². The molecule has 0 radical (unpaired) electrons. The largest absolute Gasteiger partial charge is 0.480 e. The number of nitrogens with one attached hydrogen (secondary N) is 1. The van der Waals surface area contributed by atoms with Gasteiger partial charge in [0.25, 0.3) is 0 Å². The molecule has 96 valence electrons. The average Bonchev–Trinajstić information content (AvgIpc) is 2.40. The lowest BCUT2D eigenvalue weighted by molar-refractivity contribution is -0.147. The maximum Gasteiger partial charge on any atom is 0.322 e. The third-order valence-corrected chi connectivity index (χ3v) is 4.62. The van der Waals surface area contributed by atoms with Gasteiger partial charge in [0.1, 0.15) is 6.04 Å². The highest BCUT2D eigenvalue weighted by molar-refractivity contribution is 5.74. The molecule has 2 unspecified atom stereocenters. The summed E-state index contributed by atoms with van der Waals surface area (Å²) in [5.74, 6) is 0.0496. The van der Waals surface area contributed by atoms with Gasteiger partial charge in [-0.25, -0.2) is 0 Å². The summed E-state index contributed by atoms with van der Waals surface area (Å²) >= 11 is 0. The molecule has 0 saturated carbocycles. The van der Waals surface area contributed by atoms with Crippen molar-refractivity contribution in [2.75, 3.05) is 39.3 Å². The Labute approximate surface area is 102 Å². The lowest BCUT2D eigenvalue weighted by Gasteiger charge is -2.51. The van der Waals surface area contributed by atoms with E-state index in [1.54, 1.807) is 0 Å². The Morgan fingerprint density at radius 2 is 2.00 bits per heavy atom. The van der Waals surface area contributed by atoms with Gasteiger partial charge >= 0.3 is 5.97 Å². The van der Waals surface area contributed by atoms with Crippen LogP contribution in [0.2, 0.25) is 0 Å². The number of fused-ring (bicyclic) bond motifs is 3. The number of carbonyl (C=O) groups is 1. The first-order valence-corrected chi connectivity index (χ1v) is 6.67. The first-order chi connectivity index (χ1) is 8.25. The minimum Gasteiger partial charge on any atom is -0.480 e. The Bertz CT molecular complexity index is 302. The second-order valence-corrected chi connectivity index (χ2v) is 5.50. The number of carboxylic acids is 1. The standard InChI is InChI=1S/C12H21N3O2/c16-12(17)10-7-13-3-6-15(10)11-8-14-4-1-9(11)2-5-14/h9-11,13H,1-8H2,(H,16,17). The van der Waals surface area contributed by atoms with E-state index in [0.29, 0.717) is 12.6 Å². The van der Waals surface area contributed by atoms with Gasteiger partial charge in [-0.05, 0) is 31.8 Å². The Balaban J connectivity index is 1.75. The summed E-state index contributed by atoms with van der Waals surface area (Å²) in [6.45, 7) is 5.90. The molecular formula is C12H21N3O2. The summed E-state index contributed by atoms with van der Waals surface area (Å²) in [4.78, 5) is 16.1. The molecule has 4 heterocycles. The fraction of sp³-hybridized carbons (Fsp3) is 0.917. The van der Waals surface area contributed by atoms with Crippen molar-refractivity contribution in [1.29, 1.82) is 0 Å². The average molecular weight is 239 g/mol. The molecule has 0 aromatic carbocycles. The van der Waals surface area contributed by atoms with E-state index in [2.05, 4.69) is 15.1 Å². The summed E-state index contributed by atoms with van der Waals surface area (Å²) < 4.78 is 0. The molecule has 2 bridgehead atoms. The Kier molecular flexibility index (Phi) is 3.06. The molecule has 0 aromatic heterocycles. The van der Waals surface area contributed by atoms with Gasteiger partial charge in [0.2, 0.25) is 0 Å². The van der Waals surface area contributed by atoms with Crippen LogP contribution >= 0.6 is 0 Å². The minimum absolute atomic E-state index is 0.325. The van der Waals surface area contributed by atoms with Gasteiger partial charge in [-0.3, -0.25) is 9.69 Å². The lowest BCUT2D eigenvalue weighted by Crippen LogP contribution is -2.65. The van der Waals surface area contributed by atoms with Gasteiger partial charge in [0.05, 0.1) is 0 Å². The van der Waals surface area contributed by atoms with E-state index in [1.807, 2.05) is 0 Å². The van der Waals surface area contributed by atoms with Gasteiger partial charge in [-0.15, -0.1) is 0 Å². The molecule has 5 nitrogen and oxygen atoms in total. The van der Waals surface area contributed by atoms with Crippen molar-refractivity contribution < 1.29 is 9.90 Å². The number of piperazine rings is 1. The fourth-order valence-corrected chi connectivity index (χ4v) is 3.66. The summed E-state index contributed by atoms with van der Waals surface area (Å²) in [5, 5.41) is 12.5. The van der Waals surface area contributed by atoms with Crippen LogP contribution in [-0.2, 0) is 4.79 Å². The first-order valence-electron chi connectivity index (χ1n) is 6.67. The molecule has 0 aromatic rings. The smallest absolute Gasteiger partial charge is 0.322 e. The zero-order chi connectivity index (χ0) is 11.8. The maximum atomic E-state index is 11.3. The van der Waals surface area contributed by atoms with Crippen molar-refractivity contribution in [1.82, 2.24) is 15.1 Å². The van der Waals surface area contributed by atoms with Gasteiger partial charge < -0.3 is 15.3 Å². The van der Waals surface area contributed by atoms with Gasteiger partial charge in [0, 0.05) is 32.2 Å². The molecule has 2 N–H and O–H groups in total. The number of nitrogens with zero attached hydrogens (tertiary/aromatic N) is 2. The molecule has 2 atom stereocenters. The van der Waals surface area contributed by atoms with Gasteiger partial charge in [-0.1, -0.05) is 0 Å². The monoisotopic (exact) mass is 239 g/mol. The normalized spacial score (nSPS) is 42.6. The lowest BCUT2D eigenvalue weighted by atomic mass is 9.82. The Hall–Kier alpha value is -0.650. The van der Waals surface area contributed by atoms with Gasteiger partial charge in [-0.2, -0.15) is 0 Å². The first kappa shape index (κ1) is 11.4. The second-order valence-electron chi connectivity index (χ2n) is 5.50. The Morgan fingerprint density at radius 3 is 2.59 bits per heavy atom. The number of aliphatic carboxylic acids is 1. The van der Waals surface area contributed by atoms with Crippen molar-refractivity contribution >= 4 is 5.97 Å². The number of hydrogen-bond acceptors (Lipinski definition) is 4. The molecule has 5 heteroatoms. The van der Waals surface area contributed by atoms with Crippen molar-refractivity contribution in [3.05, 3.63) is 0 Å². The Morgan fingerprint density at radius 1 is 1.24 bits per heavy atom. The second kappa shape index (κ2) is 4.55. The highest BCUT2D eigenvalue weighted by Crippen LogP contribution is 2.32. The number of rotatable bonds is 2. The van der Waals surface area contributed by atoms with E-state index in [4.69, 9.17) is 0 Å². The van der Waals surface area contributed by atoms with Crippen LogP contribution in [0.3, 0.4) is 0 Å². The van der Waals surface area contributed by atoms with Crippen molar-refractivity contribution in [3.63, 3.8) is 0 Å². The highest BCUT2D eigenvalue weighted by Gasteiger charge is 2.42. The van der Waals surface area contributed by atoms with Crippen LogP contribution in [0.15, 0.2) is 0 Å². The number of piperidine rings is 3. The molecule has 4 aliphatic heterocycles. The molecule has 0 spiro atoms. The molecule has 17 heavy (non-hydrogen) atoms. The van der Waals surface area contributed by atoms with E-state index in [9.17, 15) is 9.90 Å². The van der Waals surface area contributed by atoms with Crippen LogP contribution in [0.5, 0.6) is 0 Å². The van der Waals surface area contributed by atoms with E-state index in [0.717, 1.165) is 25.6 Å². The molecule has 4 aliphatic rings. The summed E-state index contributed by atoms with van der Waals surface area (Å²) in [7, 11) is 0. The van der Waals surface area contributed by atoms with Crippen molar-refractivity contribution in [2.45, 2.75) is 24.9 Å². The predicted octanol–water partition coefficient (Wildman–Crippen LogP) is -0.561. The van der Waals surface area contributed by atoms with E-state index >= 15 is 0 Å². The van der Waals surface area contributed by atoms with Crippen LogP contribution in [0.1, 0.15) is 12.8 Å². The van der Waals surface area contributed by atoms with Crippen LogP contribution in [-0.4, -0.2) is 72.2 Å². The maximum absolute atomic E-state index is 11.3. The molecule has 4 rings (SSSR count). The fourth-order valence-electron chi connectivity index (χ4n) is 3.66. The molecular weight excluding hydrogens is 218 g/mol. The van der Waals surface area contributed by atoms with Crippen LogP contribution in [0, 0.1) is 5.92 Å². The third-order valence-electron chi connectivity index (χ3n) is 4.62. The van der Waals surface area contributed by atoms with E-state index < -0.39 is 5.97 Å². The summed E-state index contributed by atoms with van der Waals surface area (Å²) in [6, 6.07) is 0.148. The van der Waals surface area contributed by atoms with Crippen LogP contribution in [0.25, 0.3) is 0 Å². The third kappa shape index (κ3) is 2.07. The quantitative estimate of drug-likeness (QED) is 0.676. The van der Waals surface area contributed by atoms with Gasteiger partial charge in [0.15, 0.2) is 0 Å². The predicted molar refractivity (Wildman–Crippen MR) is 64.0 cm³/mol. The number of hydrogen-bond donors (Lipinski definition) is 2. The van der Waals surface area contributed by atoms with Crippen molar-refractivity contribution in [3.8, 4) is 0 Å². The number of carboxylic acid groups (broad SMARTS) is 1. The molecule has 4 saturated heterocycles. The molecule has 0 amide bonds. The van der Waals surface area contributed by atoms with Crippen molar-refractivity contribution in [2.24, 2.45) is 5.92 Å². The zero-order valence-electron chi connectivity index (χ0n) is 10.1. The van der Waals surface area contributed by atoms with E-state index in [1.165, 1.54) is 25.9 Å². The topological polar surface area (TPSA) is 55.8 Å². The zero-order valence-corrected chi connectivity index (χ0v) is 10.1.